The molecule has 2 aliphatic rings. The van der Waals surface area contributed by atoms with E-state index in [1.165, 1.54) is 156 Å². The zero-order chi connectivity index (χ0) is 58.3. The third-order valence-corrected chi connectivity index (χ3v) is 21.6. The molecule has 2 aliphatic carbocycles. The lowest BCUT2D eigenvalue weighted by Gasteiger charge is -2.32. The SMILES string of the molecule is c1ccc(Nc2c(-c3ccc(-c4ccc5c6c(ccc5c4)-c4c(c5ccc(-c7ccc(N(c8ccccc8)c8cccc9c8sc8ccccc89)cc7)cc5c5ccccc45)C64c5ccccc5-c5ccccc54)cc3)ccc3c2sc2ccccc23)cc1. The molecule has 4 heteroatoms. The molecular weight excluding hydrogens is 1110 g/mol. The molecule has 0 atom stereocenters. The van der Waals surface area contributed by atoms with E-state index in [2.05, 4.69) is 320 Å². The second-order valence-electron chi connectivity index (χ2n) is 23.8. The maximum Gasteiger partial charge on any atom is 0.0737 e. The molecular formula is C85H52N2S2. The summed E-state index contributed by atoms with van der Waals surface area (Å²) in [6, 6.07) is 116. The Morgan fingerprint density at radius 3 is 1.53 bits per heavy atom. The summed E-state index contributed by atoms with van der Waals surface area (Å²) < 4.78 is 5.14. The van der Waals surface area contributed by atoms with E-state index < -0.39 is 5.41 Å². The topological polar surface area (TPSA) is 15.3 Å². The maximum absolute atomic E-state index is 3.86. The van der Waals surface area contributed by atoms with Crippen LogP contribution in [0, 0.1) is 0 Å². The van der Waals surface area contributed by atoms with Crippen molar-refractivity contribution in [3.8, 4) is 55.6 Å². The van der Waals surface area contributed by atoms with Crippen molar-refractivity contribution in [3.05, 3.63) is 332 Å². The van der Waals surface area contributed by atoms with Gasteiger partial charge in [-0.3, -0.25) is 0 Å². The summed E-state index contributed by atoms with van der Waals surface area (Å²) in [7, 11) is 0. The number of fused-ring (bicyclic) bond motifs is 23. The van der Waals surface area contributed by atoms with Crippen molar-refractivity contribution in [1.29, 1.82) is 0 Å². The quantitative estimate of drug-likeness (QED) is 0.153. The Bertz CT molecular complexity index is 5710. The lowest BCUT2D eigenvalue weighted by atomic mass is 9.68. The molecule has 0 amide bonds. The predicted octanol–water partition coefficient (Wildman–Crippen LogP) is 24.4. The van der Waals surface area contributed by atoms with Gasteiger partial charge < -0.3 is 10.2 Å². The normalized spacial score (nSPS) is 12.8. The Balaban J connectivity index is 0.750. The van der Waals surface area contributed by atoms with E-state index >= 15 is 0 Å². The van der Waals surface area contributed by atoms with Crippen molar-refractivity contribution in [3.63, 3.8) is 0 Å². The van der Waals surface area contributed by atoms with E-state index in [-0.39, 0.29) is 0 Å². The predicted molar refractivity (Wildman–Crippen MR) is 382 cm³/mol. The first-order valence-electron chi connectivity index (χ1n) is 30.6. The first-order chi connectivity index (χ1) is 44.1. The van der Waals surface area contributed by atoms with Crippen molar-refractivity contribution in [2.75, 3.05) is 10.2 Å². The average molecular weight is 1170 g/mol. The molecule has 0 aliphatic heterocycles. The number of benzene rings is 15. The summed E-state index contributed by atoms with van der Waals surface area (Å²) in [5, 5.41) is 16.6. The Kier molecular flexibility index (Phi) is 11.1. The van der Waals surface area contributed by atoms with Crippen LogP contribution in [0.4, 0.5) is 28.4 Å². The van der Waals surface area contributed by atoms with Crippen LogP contribution >= 0.6 is 22.7 Å². The second-order valence-corrected chi connectivity index (χ2v) is 25.9. The fourth-order valence-electron chi connectivity index (χ4n) is 15.4. The van der Waals surface area contributed by atoms with Gasteiger partial charge in [0.25, 0.3) is 0 Å². The third-order valence-electron chi connectivity index (χ3n) is 19.2. The molecule has 17 aromatic rings. The molecule has 0 bridgehead atoms. The van der Waals surface area contributed by atoms with Crippen LogP contribution in [0.1, 0.15) is 22.3 Å². The monoisotopic (exact) mass is 1160 g/mol. The fourth-order valence-corrected chi connectivity index (χ4v) is 17.8. The number of thiophene rings is 2. The molecule has 89 heavy (non-hydrogen) atoms. The van der Waals surface area contributed by atoms with Gasteiger partial charge in [-0.05, 0) is 171 Å². The van der Waals surface area contributed by atoms with E-state index in [0.29, 0.717) is 0 Å². The molecule has 0 saturated carbocycles. The number of para-hydroxylation sites is 2. The van der Waals surface area contributed by atoms with Crippen molar-refractivity contribution in [1.82, 2.24) is 0 Å². The van der Waals surface area contributed by atoms with Gasteiger partial charge in [-0.25, -0.2) is 0 Å². The molecule has 1 spiro atoms. The summed E-state index contributed by atoms with van der Waals surface area (Å²) in [4.78, 5) is 2.42. The Labute approximate surface area is 523 Å². The number of rotatable bonds is 8. The first-order valence-corrected chi connectivity index (χ1v) is 32.3. The minimum Gasteiger partial charge on any atom is -0.354 e. The number of nitrogens with one attached hydrogen (secondary N) is 1. The van der Waals surface area contributed by atoms with Crippen LogP contribution in [0.25, 0.3) is 128 Å². The van der Waals surface area contributed by atoms with Crippen LogP contribution in [0.15, 0.2) is 309 Å². The van der Waals surface area contributed by atoms with Crippen molar-refractivity contribution in [2.24, 2.45) is 0 Å². The van der Waals surface area contributed by atoms with Gasteiger partial charge >= 0.3 is 0 Å². The van der Waals surface area contributed by atoms with Crippen LogP contribution in [0.2, 0.25) is 0 Å². The molecule has 0 fully saturated rings. The van der Waals surface area contributed by atoms with Crippen LogP contribution in [-0.2, 0) is 5.41 Å². The Hall–Kier alpha value is -10.9. The zero-order valence-corrected chi connectivity index (χ0v) is 49.8. The molecule has 0 unspecified atom stereocenters. The van der Waals surface area contributed by atoms with E-state index in [1.54, 1.807) is 0 Å². The van der Waals surface area contributed by atoms with E-state index in [9.17, 15) is 0 Å². The Morgan fingerprint density at radius 1 is 0.292 bits per heavy atom. The lowest BCUT2D eigenvalue weighted by Crippen LogP contribution is -2.26. The summed E-state index contributed by atoms with van der Waals surface area (Å²) in [6.07, 6.45) is 0. The molecule has 2 heterocycles. The van der Waals surface area contributed by atoms with Crippen LogP contribution < -0.4 is 10.2 Å². The minimum absolute atomic E-state index is 0.592. The molecule has 0 saturated heterocycles. The van der Waals surface area contributed by atoms with E-state index in [0.717, 1.165) is 22.7 Å². The minimum atomic E-state index is -0.592. The van der Waals surface area contributed by atoms with E-state index in [1.807, 2.05) is 22.7 Å². The van der Waals surface area contributed by atoms with Crippen molar-refractivity contribution >= 4 is 124 Å². The second kappa shape index (κ2) is 19.6. The van der Waals surface area contributed by atoms with Crippen LogP contribution in [-0.4, -0.2) is 0 Å². The van der Waals surface area contributed by atoms with Crippen LogP contribution in [0.3, 0.4) is 0 Å². The van der Waals surface area contributed by atoms with Crippen molar-refractivity contribution < 1.29 is 0 Å². The molecule has 2 aromatic heterocycles. The number of hydrogen-bond donors (Lipinski definition) is 1. The zero-order valence-electron chi connectivity index (χ0n) is 48.2. The highest BCUT2D eigenvalue weighted by Crippen LogP contribution is 2.67. The van der Waals surface area contributed by atoms with Gasteiger partial charge in [0.15, 0.2) is 0 Å². The number of anilines is 5. The third kappa shape index (κ3) is 7.42. The van der Waals surface area contributed by atoms with E-state index in [4.69, 9.17) is 0 Å². The smallest absolute Gasteiger partial charge is 0.0737 e. The summed E-state index contributed by atoms with van der Waals surface area (Å²) in [6.45, 7) is 0. The van der Waals surface area contributed by atoms with Crippen LogP contribution in [0.5, 0.6) is 0 Å². The lowest BCUT2D eigenvalue weighted by molar-refractivity contribution is 0.809. The first kappa shape index (κ1) is 50.3. The highest BCUT2D eigenvalue weighted by molar-refractivity contribution is 7.26. The summed E-state index contributed by atoms with van der Waals surface area (Å²) in [5.41, 5.74) is 22.8. The van der Waals surface area contributed by atoms with Gasteiger partial charge in [0, 0.05) is 53.6 Å². The van der Waals surface area contributed by atoms with Gasteiger partial charge in [0.1, 0.15) is 0 Å². The molecule has 2 nitrogen and oxygen atoms in total. The largest absolute Gasteiger partial charge is 0.354 e. The maximum atomic E-state index is 3.86. The van der Waals surface area contributed by atoms with Crippen molar-refractivity contribution in [2.45, 2.75) is 5.41 Å². The molecule has 19 rings (SSSR count). The van der Waals surface area contributed by atoms with Gasteiger partial charge in [-0.1, -0.05) is 243 Å². The van der Waals surface area contributed by atoms with Gasteiger partial charge in [-0.2, -0.15) is 0 Å². The molecule has 414 valence electrons. The highest BCUT2D eigenvalue weighted by Gasteiger charge is 2.54. The molecule has 0 radical (unpaired) electrons. The van der Waals surface area contributed by atoms with Gasteiger partial charge in [0.2, 0.25) is 0 Å². The molecule has 15 aromatic carbocycles. The van der Waals surface area contributed by atoms with Gasteiger partial charge in [0.05, 0.1) is 26.2 Å². The standard InChI is InChI=1S/C85H52N2S2/c1-3-18-58(19-4-1)86-82-62(48-49-71-67-26-12-16-33-78(67)89-84(71)82)54-36-34-52(35-37-54)55-40-45-61-57(50-55)42-47-72-79-68-27-8-7-22-63(68)73-51-56(41-46-69(73)81(79)85(80(61)72)74-29-13-9-23-64(74)65-24-10-14-30-75(65)85)53-38-43-60(44-39-53)87(59-20-5-2-6-21-59)76-31-17-28-70-66-25-11-15-32-77(66)88-83(70)76/h1-51,86H. The Morgan fingerprint density at radius 2 is 0.809 bits per heavy atom. The molecule has 1 N–H and O–H groups in total. The van der Waals surface area contributed by atoms with Gasteiger partial charge in [-0.15, -0.1) is 22.7 Å². The summed E-state index contributed by atoms with van der Waals surface area (Å²) in [5.74, 6) is 0. The summed E-state index contributed by atoms with van der Waals surface area (Å²) >= 11 is 3.73. The fraction of sp³-hybridized carbons (Fsp3) is 0.0118. The number of hydrogen-bond acceptors (Lipinski definition) is 4. The highest BCUT2D eigenvalue weighted by atomic mass is 32.1. The number of nitrogens with zero attached hydrogens (tertiary/aromatic N) is 1. The average Bonchev–Trinajstić information content (AvgIpc) is 1.50.